The van der Waals surface area contributed by atoms with Crippen molar-refractivity contribution in [2.45, 2.75) is 32.1 Å². The third-order valence-electron chi connectivity index (χ3n) is 2.83. The van der Waals surface area contributed by atoms with Gasteiger partial charge in [-0.05, 0) is 24.2 Å². The molecule has 1 N–H and O–H groups in total. The molecule has 0 aliphatic rings. The molecule has 0 saturated carbocycles. The summed E-state index contributed by atoms with van der Waals surface area (Å²) in [6, 6.07) is 8.09. The molecule has 1 rings (SSSR count). The van der Waals surface area contributed by atoms with Crippen LogP contribution < -0.4 is 10.1 Å². The topological polar surface area (TPSA) is 38.3 Å². The lowest BCUT2D eigenvalue weighted by Gasteiger charge is -2.19. The van der Waals surface area contributed by atoms with Crippen molar-refractivity contribution >= 4 is 10.8 Å². The first-order chi connectivity index (χ1) is 8.58. The molecule has 1 aromatic rings. The molecule has 0 fully saturated rings. The summed E-state index contributed by atoms with van der Waals surface area (Å²) in [4.78, 5) is 0. The third-order valence-corrected chi connectivity index (χ3v) is 4.54. The highest BCUT2D eigenvalue weighted by Gasteiger charge is 2.16. The summed E-state index contributed by atoms with van der Waals surface area (Å²) in [6.07, 6.45) is 0. The van der Waals surface area contributed by atoms with E-state index in [1.165, 1.54) is 0 Å². The van der Waals surface area contributed by atoms with Crippen LogP contribution in [0.25, 0.3) is 0 Å². The van der Waals surface area contributed by atoms with Crippen LogP contribution in [-0.4, -0.2) is 28.9 Å². The Hall–Kier alpha value is -0.870. The van der Waals surface area contributed by atoms with Crippen LogP contribution >= 0.6 is 0 Å². The standard InChI is InChI=1S/C14H23NO2S/c1-5-15-14(10-18(16)11(2)3)12-6-8-13(17-4)9-7-12/h6-9,11,14-15H,5,10H2,1-4H3. The predicted octanol–water partition coefficient (Wildman–Crippen LogP) is 2.50. The second-order valence-electron chi connectivity index (χ2n) is 4.48. The van der Waals surface area contributed by atoms with Gasteiger partial charge in [-0.1, -0.05) is 32.9 Å². The van der Waals surface area contributed by atoms with Crippen LogP contribution in [0.2, 0.25) is 0 Å². The Morgan fingerprint density at radius 1 is 1.28 bits per heavy atom. The zero-order valence-electron chi connectivity index (χ0n) is 11.6. The zero-order valence-corrected chi connectivity index (χ0v) is 12.4. The minimum absolute atomic E-state index is 0.143. The van der Waals surface area contributed by atoms with Crippen molar-refractivity contribution in [1.29, 1.82) is 0 Å². The minimum Gasteiger partial charge on any atom is -0.497 e. The maximum atomic E-state index is 12.0. The van der Waals surface area contributed by atoms with Crippen LogP contribution in [0.1, 0.15) is 32.4 Å². The molecule has 0 spiro atoms. The number of benzene rings is 1. The number of methoxy groups -OCH3 is 1. The Labute approximate surface area is 112 Å². The second-order valence-corrected chi connectivity index (χ2v) is 6.52. The lowest BCUT2D eigenvalue weighted by Crippen LogP contribution is -2.28. The van der Waals surface area contributed by atoms with Crippen LogP contribution in [0.4, 0.5) is 0 Å². The first-order valence-corrected chi connectivity index (χ1v) is 7.71. The fourth-order valence-electron chi connectivity index (χ4n) is 1.71. The number of ether oxygens (including phenoxy) is 1. The zero-order chi connectivity index (χ0) is 13.5. The Kier molecular flexibility index (Phi) is 6.36. The lowest BCUT2D eigenvalue weighted by atomic mass is 10.1. The van der Waals surface area contributed by atoms with Crippen LogP contribution in [0, 0.1) is 0 Å². The fourth-order valence-corrected chi connectivity index (χ4v) is 2.74. The third kappa shape index (κ3) is 4.42. The maximum Gasteiger partial charge on any atom is 0.118 e. The van der Waals surface area contributed by atoms with Gasteiger partial charge in [0.2, 0.25) is 0 Å². The highest BCUT2D eigenvalue weighted by molar-refractivity contribution is 7.85. The number of hydrogen-bond acceptors (Lipinski definition) is 3. The Morgan fingerprint density at radius 3 is 2.33 bits per heavy atom. The molecule has 0 saturated heterocycles. The summed E-state index contributed by atoms with van der Waals surface area (Å²) in [7, 11) is 0.853. The summed E-state index contributed by atoms with van der Waals surface area (Å²) in [5, 5.41) is 3.59. The van der Waals surface area contributed by atoms with E-state index in [-0.39, 0.29) is 11.3 Å². The summed E-state index contributed by atoms with van der Waals surface area (Å²) < 4.78 is 17.1. The number of rotatable bonds is 7. The Balaban J connectivity index is 2.79. The summed E-state index contributed by atoms with van der Waals surface area (Å²) in [6.45, 7) is 6.92. The van der Waals surface area contributed by atoms with Gasteiger partial charge in [0.25, 0.3) is 0 Å². The molecular formula is C14H23NO2S. The van der Waals surface area contributed by atoms with E-state index in [0.29, 0.717) is 5.75 Å². The molecule has 2 unspecified atom stereocenters. The van der Waals surface area contributed by atoms with E-state index in [1.807, 2.05) is 38.1 Å². The highest BCUT2D eigenvalue weighted by atomic mass is 32.2. The van der Waals surface area contributed by atoms with Crippen molar-refractivity contribution in [1.82, 2.24) is 5.32 Å². The molecule has 3 nitrogen and oxygen atoms in total. The van der Waals surface area contributed by atoms with Gasteiger partial charge in [0.15, 0.2) is 0 Å². The first kappa shape index (κ1) is 15.2. The van der Waals surface area contributed by atoms with E-state index in [2.05, 4.69) is 12.2 Å². The van der Waals surface area contributed by atoms with Gasteiger partial charge in [-0.15, -0.1) is 0 Å². The van der Waals surface area contributed by atoms with Crippen molar-refractivity contribution in [3.05, 3.63) is 29.8 Å². The quantitative estimate of drug-likeness (QED) is 0.826. The van der Waals surface area contributed by atoms with Gasteiger partial charge >= 0.3 is 0 Å². The van der Waals surface area contributed by atoms with Crippen molar-refractivity contribution in [2.75, 3.05) is 19.4 Å². The summed E-state index contributed by atoms with van der Waals surface area (Å²) in [5.41, 5.74) is 1.16. The lowest BCUT2D eigenvalue weighted by molar-refractivity contribution is 0.414. The highest BCUT2D eigenvalue weighted by Crippen LogP contribution is 2.19. The molecule has 2 atom stereocenters. The first-order valence-electron chi connectivity index (χ1n) is 6.33. The van der Waals surface area contributed by atoms with Crippen LogP contribution in [-0.2, 0) is 10.8 Å². The summed E-state index contributed by atoms with van der Waals surface area (Å²) in [5.74, 6) is 1.50. The molecule has 0 radical (unpaired) electrons. The largest absolute Gasteiger partial charge is 0.497 e. The Bertz CT molecular complexity index is 376. The predicted molar refractivity (Wildman–Crippen MR) is 77.6 cm³/mol. The van der Waals surface area contributed by atoms with Gasteiger partial charge < -0.3 is 10.1 Å². The molecule has 18 heavy (non-hydrogen) atoms. The molecule has 4 heteroatoms. The maximum absolute atomic E-state index is 12.0. The molecule has 0 amide bonds. The van der Waals surface area contributed by atoms with Gasteiger partial charge in [0.1, 0.15) is 5.75 Å². The second kappa shape index (κ2) is 7.54. The molecule has 0 bridgehead atoms. The van der Waals surface area contributed by atoms with Crippen LogP contribution in [0.5, 0.6) is 5.75 Å². The van der Waals surface area contributed by atoms with E-state index < -0.39 is 10.8 Å². The van der Waals surface area contributed by atoms with Crippen molar-refractivity contribution in [3.8, 4) is 5.75 Å². The molecule has 0 aliphatic carbocycles. The Morgan fingerprint density at radius 2 is 1.89 bits per heavy atom. The van der Waals surface area contributed by atoms with Gasteiger partial charge in [-0.3, -0.25) is 4.21 Å². The van der Waals surface area contributed by atoms with Crippen molar-refractivity contribution < 1.29 is 8.95 Å². The van der Waals surface area contributed by atoms with E-state index in [0.717, 1.165) is 17.9 Å². The average Bonchev–Trinajstić information content (AvgIpc) is 2.38. The van der Waals surface area contributed by atoms with E-state index in [9.17, 15) is 4.21 Å². The van der Waals surface area contributed by atoms with Gasteiger partial charge in [-0.25, -0.2) is 0 Å². The van der Waals surface area contributed by atoms with E-state index in [4.69, 9.17) is 4.74 Å². The minimum atomic E-state index is -0.805. The van der Waals surface area contributed by atoms with Crippen molar-refractivity contribution in [3.63, 3.8) is 0 Å². The fraction of sp³-hybridized carbons (Fsp3) is 0.571. The van der Waals surface area contributed by atoms with Crippen LogP contribution in [0.3, 0.4) is 0 Å². The summed E-state index contributed by atoms with van der Waals surface area (Å²) >= 11 is 0. The number of nitrogens with one attached hydrogen (secondary N) is 1. The normalized spacial score (nSPS) is 14.5. The molecule has 1 aromatic carbocycles. The SMILES string of the molecule is CCNC(CS(=O)C(C)C)c1ccc(OC)cc1. The number of hydrogen-bond donors (Lipinski definition) is 1. The molecule has 0 aliphatic heterocycles. The van der Waals surface area contributed by atoms with Crippen LogP contribution in [0.15, 0.2) is 24.3 Å². The molecule has 102 valence electrons. The average molecular weight is 269 g/mol. The monoisotopic (exact) mass is 269 g/mol. The molecule has 0 heterocycles. The molecule has 0 aromatic heterocycles. The van der Waals surface area contributed by atoms with Gasteiger partial charge in [-0.2, -0.15) is 0 Å². The van der Waals surface area contributed by atoms with Crippen molar-refractivity contribution in [2.24, 2.45) is 0 Å². The smallest absolute Gasteiger partial charge is 0.118 e. The van der Waals surface area contributed by atoms with E-state index >= 15 is 0 Å². The van der Waals surface area contributed by atoms with E-state index in [1.54, 1.807) is 7.11 Å². The van der Waals surface area contributed by atoms with Gasteiger partial charge in [0.05, 0.1) is 7.11 Å². The molecular weight excluding hydrogens is 246 g/mol. The van der Waals surface area contributed by atoms with Gasteiger partial charge in [0, 0.05) is 27.8 Å².